The molecule has 0 nitrogen and oxygen atoms in total. The smallest absolute Gasteiger partial charge is 0.0517 e. The molecule has 2 aromatic rings. The predicted octanol–water partition coefficient (Wildman–Crippen LogP) is 6.21. The monoisotopic (exact) mass is 340 g/mol. The second-order valence-corrected chi connectivity index (χ2v) is 6.81. The van der Waals surface area contributed by atoms with E-state index in [4.69, 9.17) is 11.6 Å². The largest absolute Gasteiger partial charge is 0.136 e. The lowest BCUT2D eigenvalue weighted by atomic mass is 10.2. The van der Waals surface area contributed by atoms with E-state index in [9.17, 15) is 0 Å². The molecule has 1 atom stereocenters. The van der Waals surface area contributed by atoms with Crippen molar-refractivity contribution in [2.45, 2.75) is 19.2 Å². The molecule has 0 saturated carbocycles. The van der Waals surface area contributed by atoms with Gasteiger partial charge in [-0.2, -0.15) is 0 Å². The Morgan fingerprint density at radius 3 is 2.67 bits per heavy atom. The summed E-state index contributed by atoms with van der Waals surface area (Å²) in [6, 6.07) is 12.6. The number of hydrogen-bond donors (Lipinski definition) is 0. The summed E-state index contributed by atoms with van der Waals surface area (Å²) in [5.74, 6) is 0. The Morgan fingerprint density at radius 2 is 2.00 bits per heavy atom. The van der Waals surface area contributed by atoms with Crippen LogP contribution in [0.3, 0.4) is 0 Å². The molecular weight excluding hydrogens is 328 g/mol. The standard InChI is InChI=1S/C15H14BrClS/c1-10(11(2)17)9-12-7-8-15(18-12)13-5-3-4-6-14(13)16/h3-9,11H,1-2H3/b10-9+. The topological polar surface area (TPSA) is 0 Å². The summed E-state index contributed by atoms with van der Waals surface area (Å²) in [7, 11) is 0. The maximum Gasteiger partial charge on any atom is 0.0517 e. The number of thiophene rings is 1. The van der Waals surface area contributed by atoms with Crippen LogP contribution in [0.15, 0.2) is 46.4 Å². The minimum absolute atomic E-state index is 0.0824. The quantitative estimate of drug-likeness (QED) is 0.582. The summed E-state index contributed by atoms with van der Waals surface area (Å²) in [6.45, 7) is 4.06. The molecule has 3 heteroatoms. The van der Waals surface area contributed by atoms with Crippen LogP contribution >= 0.6 is 38.9 Å². The van der Waals surface area contributed by atoms with Gasteiger partial charge in [-0.05, 0) is 38.1 Å². The van der Waals surface area contributed by atoms with Gasteiger partial charge in [0.2, 0.25) is 0 Å². The van der Waals surface area contributed by atoms with Gasteiger partial charge >= 0.3 is 0 Å². The van der Waals surface area contributed by atoms with Crippen LogP contribution < -0.4 is 0 Å². The van der Waals surface area contributed by atoms with Gasteiger partial charge in [-0.3, -0.25) is 0 Å². The van der Waals surface area contributed by atoms with Crippen LogP contribution in [-0.4, -0.2) is 5.38 Å². The van der Waals surface area contributed by atoms with Gasteiger partial charge in [0.1, 0.15) is 0 Å². The average molecular weight is 342 g/mol. The van der Waals surface area contributed by atoms with E-state index in [0.29, 0.717) is 0 Å². The van der Waals surface area contributed by atoms with Gasteiger partial charge in [-0.25, -0.2) is 0 Å². The van der Waals surface area contributed by atoms with Crippen LogP contribution in [0.25, 0.3) is 16.5 Å². The van der Waals surface area contributed by atoms with Crippen molar-refractivity contribution in [3.8, 4) is 10.4 Å². The van der Waals surface area contributed by atoms with E-state index in [1.54, 1.807) is 11.3 Å². The molecule has 1 heterocycles. The maximum absolute atomic E-state index is 6.06. The number of halogens is 2. The third kappa shape index (κ3) is 3.25. The molecule has 0 fully saturated rings. The van der Waals surface area contributed by atoms with Gasteiger partial charge in [-0.1, -0.05) is 39.7 Å². The first kappa shape index (κ1) is 13.9. The maximum atomic E-state index is 6.06. The van der Waals surface area contributed by atoms with E-state index in [0.717, 1.165) is 4.47 Å². The summed E-state index contributed by atoms with van der Waals surface area (Å²) in [6.07, 6.45) is 2.16. The molecule has 18 heavy (non-hydrogen) atoms. The molecule has 0 bridgehead atoms. The van der Waals surface area contributed by atoms with Crippen molar-refractivity contribution in [2.75, 3.05) is 0 Å². The van der Waals surface area contributed by atoms with Crippen LogP contribution in [0.4, 0.5) is 0 Å². The van der Waals surface area contributed by atoms with E-state index in [-0.39, 0.29) is 5.38 Å². The fourth-order valence-electron chi connectivity index (χ4n) is 1.58. The lowest BCUT2D eigenvalue weighted by Crippen LogP contribution is -1.90. The highest BCUT2D eigenvalue weighted by atomic mass is 79.9. The molecule has 2 rings (SSSR count). The van der Waals surface area contributed by atoms with Crippen LogP contribution in [0, 0.1) is 0 Å². The van der Waals surface area contributed by atoms with Gasteiger partial charge in [0.15, 0.2) is 0 Å². The van der Waals surface area contributed by atoms with Crippen molar-refractivity contribution >= 4 is 44.9 Å². The number of rotatable bonds is 3. The zero-order chi connectivity index (χ0) is 13.1. The van der Waals surface area contributed by atoms with Crippen molar-refractivity contribution in [1.29, 1.82) is 0 Å². The molecule has 1 unspecified atom stereocenters. The molecule has 0 spiro atoms. The molecule has 0 saturated heterocycles. The Kier molecular flexibility index (Phi) is 4.66. The lowest BCUT2D eigenvalue weighted by molar-refractivity contribution is 1.12. The van der Waals surface area contributed by atoms with Gasteiger partial charge in [0, 0.05) is 19.8 Å². The van der Waals surface area contributed by atoms with Crippen LogP contribution in [0.1, 0.15) is 18.7 Å². The van der Waals surface area contributed by atoms with Gasteiger partial charge in [0.05, 0.1) is 5.38 Å². The summed E-state index contributed by atoms with van der Waals surface area (Å²) >= 11 is 11.4. The summed E-state index contributed by atoms with van der Waals surface area (Å²) in [4.78, 5) is 2.51. The predicted molar refractivity (Wildman–Crippen MR) is 86.4 cm³/mol. The minimum atomic E-state index is 0.0824. The Bertz CT molecular complexity index is 569. The van der Waals surface area contributed by atoms with Crippen molar-refractivity contribution in [2.24, 2.45) is 0 Å². The molecule has 0 aliphatic rings. The molecule has 94 valence electrons. The first-order valence-electron chi connectivity index (χ1n) is 5.75. The SMILES string of the molecule is C/C(=C\c1ccc(-c2ccccc2Br)s1)C(C)Cl. The molecule has 0 radical (unpaired) electrons. The Morgan fingerprint density at radius 1 is 1.28 bits per heavy atom. The van der Waals surface area contributed by atoms with Gasteiger partial charge in [0.25, 0.3) is 0 Å². The molecule has 1 aromatic carbocycles. The highest BCUT2D eigenvalue weighted by Gasteiger charge is 2.06. The van der Waals surface area contributed by atoms with Crippen molar-refractivity contribution in [3.05, 3.63) is 51.3 Å². The fraction of sp³-hybridized carbons (Fsp3) is 0.200. The number of allylic oxidation sites excluding steroid dienone is 1. The van der Waals surface area contributed by atoms with E-state index in [2.05, 4.69) is 59.3 Å². The van der Waals surface area contributed by atoms with E-state index in [1.807, 2.05) is 13.0 Å². The Hall–Kier alpha value is -0.570. The number of hydrogen-bond acceptors (Lipinski definition) is 1. The number of benzene rings is 1. The Balaban J connectivity index is 2.32. The zero-order valence-electron chi connectivity index (χ0n) is 10.3. The molecule has 0 N–H and O–H groups in total. The normalized spacial score (nSPS) is 13.7. The second-order valence-electron chi connectivity index (χ2n) is 4.19. The highest BCUT2D eigenvalue weighted by molar-refractivity contribution is 9.10. The third-order valence-corrected chi connectivity index (χ3v) is 4.86. The zero-order valence-corrected chi connectivity index (χ0v) is 13.4. The summed E-state index contributed by atoms with van der Waals surface area (Å²) in [5.41, 5.74) is 2.43. The van der Waals surface area contributed by atoms with E-state index < -0.39 is 0 Å². The number of alkyl halides is 1. The first-order chi connectivity index (χ1) is 8.58. The highest BCUT2D eigenvalue weighted by Crippen LogP contribution is 2.34. The van der Waals surface area contributed by atoms with Crippen LogP contribution in [0.2, 0.25) is 0 Å². The Labute approximate surface area is 125 Å². The summed E-state index contributed by atoms with van der Waals surface area (Å²) in [5, 5.41) is 0.0824. The molecule has 0 amide bonds. The van der Waals surface area contributed by atoms with Crippen LogP contribution in [-0.2, 0) is 0 Å². The molecular formula is C15H14BrClS. The van der Waals surface area contributed by atoms with Gasteiger partial charge in [-0.15, -0.1) is 22.9 Å². The summed E-state index contributed by atoms with van der Waals surface area (Å²) < 4.78 is 1.13. The van der Waals surface area contributed by atoms with Gasteiger partial charge < -0.3 is 0 Å². The van der Waals surface area contributed by atoms with E-state index in [1.165, 1.54) is 20.9 Å². The third-order valence-electron chi connectivity index (χ3n) is 2.76. The fourth-order valence-corrected chi connectivity index (χ4v) is 3.33. The molecule has 0 aliphatic carbocycles. The van der Waals surface area contributed by atoms with E-state index >= 15 is 0 Å². The molecule has 0 aliphatic heterocycles. The second kappa shape index (κ2) is 6.05. The van der Waals surface area contributed by atoms with Crippen LogP contribution in [0.5, 0.6) is 0 Å². The van der Waals surface area contributed by atoms with Crippen molar-refractivity contribution in [1.82, 2.24) is 0 Å². The molecule has 1 aromatic heterocycles. The average Bonchev–Trinajstić information content (AvgIpc) is 2.77. The van der Waals surface area contributed by atoms with Crippen molar-refractivity contribution < 1.29 is 0 Å². The lowest BCUT2D eigenvalue weighted by Gasteiger charge is -2.01. The van der Waals surface area contributed by atoms with Crippen molar-refractivity contribution in [3.63, 3.8) is 0 Å². The minimum Gasteiger partial charge on any atom is -0.136 e. The first-order valence-corrected chi connectivity index (χ1v) is 7.79.